The number of aryl methyl sites for hydroxylation is 1. The van der Waals surface area contributed by atoms with E-state index in [2.05, 4.69) is 74.1 Å². The van der Waals surface area contributed by atoms with Crippen molar-refractivity contribution in [1.29, 1.82) is 0 Å². The number of hydrogen-bond donors (Lipinski definition) is 1. The van der Waals surface area contributed by atoms with Crippen molar-refractivity contribution in [2.24, 2.45) is 5.41 Å². The average molecular weight is 298 g/mol. The van der Waals surface area contributed by atoms with E-state index in [1.54, 1.807) is 0 Å². The zero-order valence-corrected chi connectivity index (χ0v) is 13.2. The van der Waals surface area contributed by atoms with Crippen LogP contribution in [0.4, 0.5) is 5.69 Å². The second kappa shape index (κ2) is 5.90. The zero-order chi connectivity index (χ0) is 13.1. The number of rotatable bonds is 4. The van der Waals surface area contributed by atoms with Crippen LogP contribution in [-0.4, -0.2) is 6.04 Å². The fourth-order valence-corrected chi connectivity index (χ4v) is 2.12. The third-order valence-electron chi connectivity index (χ3n) is 2.92. The SMILES string of the molecule is Cc1cccc(NC(C)CCC(C)(C)C)c1Br. The summed E-state index contributed by atoms with van der Waals surface area (Å²) >= 11 is 3.64. The van der Waals surface area contributed by atoms with E-state index >= 15 is 0 Å². The van der Waals surface area contributed by atoms with Gasteiger partial charge in [0.15, 0.2) is 0 Å². The summed E-state index contributed by atoms with van der Waals surface area (Å²) in [7, 11) is 0. The van der Waals surface area contributed by atoms with Crippen LogP contribution in [0.1, 0.15) is 46.1 Å². The van der Waals surface area contributed by atoms with E-state index in [1.807, 2.05) is 0 Å². The summed E-state index contributed by atoms with van der Waals surface area (Å²) in [6.45, 7) is 11.3. The molecule has 1 nitrogen and oxygen atoms in total. The molecule has 1 aromatic rings. The highest BCUT2D eigenvalue weighted by Crippen LogP contribution is 2.28. The summed E-state index contributed by atoms with van der Waals surface area (Å²) in [5.74, 6) is 0. The maximum absolute atomic E-state index is 3.64. The molecule has 1 atom stereocenters. The first kappa shape index (κ1) is 14.6. The molecule has 1 aromatic carbocycles. The lowest BCUT2D eigenvalue weighted by atomic mass is 9.89. The molecule has 1 rings (SSSR count). The van der Waals surface area contributed by atoms with Crippen molar-refractivity contribution in [2.75, 3.05) is 5.32 Å². The van der Waals surface area contributed by atoms with Gasteiger partial charge >= 0.3 is 0 Å². The summed E-state index contributed by atoms with van der Waals surface area (Å²) in [6, 6.07) is 6.85. The lowest BCUT2D eigenvalue weighted by Gasteiger charge is -2.23. The molecule has 0 aliphatic carbocycles. The Kier molecular flexibility index (Phi) is 5.05. The lowest BCUT2D eigenvalue weighted by Crippen LogP contribution is -2.18. The Hall–Kier alpha value is -0.500. The average Bonchev–Trinajstić information content (AvgIpc) is 2.21. The Morgan fingerprint density at radius 3 is 2.53 bits per heavy atom. The highest BCUT2D eigenvalue weighted by Gasteiger charge is 2.13. The van der Waals surface area contributed by atoms with Crippen molar-refractivity contribution in [1.82, 2.24) is 0 Å². The first-order valence-corrected chi connectivity index (χ1v) is 7.10. The van der Waals surface area contributed by atoms with E-state index in [-0.39, 0.29) is 0 Å². The topological polar surface area (TPSA) is 12.0 Å². The predicted molar refractivity (Wildman–Crippen MR) is 80.7 cm³/mol. The summed E-state index contributed by atoms with van der Waals surface area (Å²) in [5.41, 5.74) is 2.89. The molecule has 0 radical (unpaired) electrons. The largest absolute Gasteiger partial charge is 0.382 e. The highest BCUT2D eigenvalue weighted by atomic mass is 79.9. The van der Waals surface area contributed by atoms with Crippen LogP contribution >= 0.6 is 15.9 Å². The van der Waals surface area contributed by atoms with E-state index in [9.17, 15) is 0 Å². The van der Waals surface area contributed by atoms with E-state index in [4.69, 9.17) is 0 Å². The molecule has 2 heteroatoms. The van der Waals surface area contributed by atoms with Gasteiger partial charge in [-0.1, -0.05) is 32.9 Å². The zero-order valence-electron chi connectivity index (χ0n) is 11.6. The molecule has 0 saturated heterocycles. The Labute approximate surface area is 114 Å². The molecule has 0 fully saturated rings. The second-order valence-corrected chi connectivity index (χ2v) is 6.87. The Balaban J connectivity index is 2.56. The fourth-order valence-electron chi connectivity index (χ4n) is 1.75. The van der Waals surface area contributed by atoms with Gasteiger partial charge in [-0.15, -0.1) is 0 Å². The maximum Gasteiger partial charge on any atom is 0.0489 e. The molecule has 1 N–H and O–H groups in total. The summed E-state index contributed by atoms with van der Waals surface area (Å²) in [5, 5.41) is 3.58. The van der Waals surface area contributed by atoms with Gasteiger partial charge in [-0.25, -0.2) is 0 Å². The molecule has 1 unspecified atom stereocenters. The summed E-state index contributed by atoms with van der Waals surface area (Å²) in [4.78, 5) is 0. The number of anilines is 1. The molecular formula is C15H24BrN. The third-order valence-corrected chi connectivity index (χ3v) is 3.97. The van der Waals surface area contributed by atoms with E-state index in [0.717, 1.165) is 0 Å². The van der Waals surface area contributed by atoms with Gasteiger partial charge in [-0.2, -0.15) is 0 Å². The van der Waals surface area contributed by atoms with Crippen molar-refractivity contribution >= 4 is 21.6 Å². The van der Waals surface area contributed by atoms with Crippen LogP contribution < -0.4 is 5.32 Å². The molecule has 0 heterocycles. The van der Waals surface area contributed by atoms with E-state index < -0.39 is 0 Å². The van der Waals surface area contributed by atoms with Gasteiger partial charge in [0.2, 0.25) is 0 Å². The van der Waals surface area contributed by atoms with Crippen LogP contribution in [0.2, 0.25) is 0 Å². The number of benzene rings is 1. The third kappa shape index (κ3) is 5.12. The van der Waals surface area contributed by atoms with Crippen molar-refractivity contribution in [3.05, 3.63) is 28.2 Å². The van der Waals surface area contributed by atoms with Crippen LogP contribution in [0, 0.1) is 12.3 Å². The smallest absolute Gasteiger partial charge is 0.0489 e. The van der Waals surface area contributed by atoms with E-state index in [0.29, 0.717) is 11.5 Å². The Bertz CT molecular complexity index is 366. The van der Waals surface area contributed by atoms with Gasteiger partial charge in [-0.3, -0.25) is 0 Å². The van der Waals surface area contributed by atoms with Crippen LogP contribution in [-0.2, 0) is 0 Å². The number of hydrogen-bond acceptors (Lipinski definition) is 1. The molecule has 96 valence electrons. The molecule has 0 aliphatic heterocycles. The summed E-state index contributed by atoms with van der Waals surface area (Å²) in [6.07, 6.45) is 2.44. The number of nitrogens with one attached hydrogen (secondary N) is 1. The minimum Gasteiger partial charge on any atom is -0.382 e. The van der Waals surface area contributed by atoms with Gasteiger partial charge in [0.1, 0.15) is 0 Å². The Morgan fingerprint density at radius 1 is 1.29 bits per heavy atom. The first-order chi connectivity index (χ1) is 7.79. The van der Waals surface area contributed by atoms with Crippen molar-refractivity contribution in [3.63, 3.8) is 0 Å². The standard InChI is InChI=1S/C15H24BrN/c1-11-7-6-8-13(14(11)16)17-12(2)9-10-15(3,4)5/h6-8,12,17H,9-10H2,1-5H3. The minimum absolute atomic E-state index is 0.416. The lowest BCUT2D eigenvalue weighted by molar-refractivity contribution is 0.357. The Morgan fingerprint density at radius 2 is 1.94 bits per heavy atom. The maximum atomic E-state index is 3.64. The van der Waals surface area contributed by atoms with E-state index in [1.165, 1.54) is 28.6 Å². The van der Waals surface area contributed by atoms with Crippen LogP contribution in [0.15, 0.2) is 22.7 Å². The molecular weight excluding hydrogens is 274 g/mol. The van der Waals surface area contributed by atoms with Crippen molar-refractivity contribution < 1.29 is 0 Å². The summed E-state index contributed by atoms with van der Waals surface area (Å²) < 4.78 is 1.18. The van der Waals surface area contributed by atoms with Crippen molar-refractivity contribution in [2.45, 2.75) is 53.5 Å². The van der Waals surface area contributed by atoms with Crippen LogP contribution in [0.5, 0.6) is 0 Å². The fraction of sp³-hybridized carbons (Fsp3) is 0.600. The first-order valence-electron chi connectivity index (χ1n) is 6.31. The number of halogens is 1. The monoisotopic (exact) mass is 297 g/mol. The normalized spacial score (nSPS) is 13.5. The molecule has 0 aliphatic rings. The van der Waals surface area contributed by atoms with Crippen LogP contribution in [0.3, 0.4) is 0 Å². The van der Waals surface area contributed by atoms with Gasteiger partial charge < -0.3 is 5.32 Å². The van der Waals surface area contributed by atoms with Gasteiger partial charge in [-0.05, 0) is 59.7 Å². The second-order valence-electron chi connectivity index (χ2n) is 6.08. The molecule has 0 aromatic heterocycles. The van der Waals surface area contributed by atoms with Crippen LogP contribution in [0.25, 0.3) is 0 Å². The minimum atomic E-state index is 0.416. The van der Waals surface area contributed by atoms with Crippen molar-refractivity contribution in [3.8, 4) is 0 Å². The predicted octanol–water partition coefficient (Wildman–Crippen LogP) is 5.38. The van der Waals surface area contributed by atoms with Gasteiger partial charge in [0, 0.05) is 16.2 Å². The molecule has 0 amide bonds. The molecule has 0 bridgehead atoms. The quantitative estimate of drug-likeness (QED) is 0.786. The molecule has 17 heavy (non-hydrogen) atoms. The van der Waals surface area contributed by atoms with Gasteiger partial charge in [0.25, 0.3) is 0 Å². The highest BCUT2D eigenvalue weighted by molar-refractivity contribution is 9.10. The molecule has 0 saturated carbocycles. The van der Waals surface area contributed by atoms with Gasteiger partial charge in [0.05, 0.1) is 0 Å². The molecule has 0 spiro atoms.